The van der Waals surface area contributed by atoms with Crippen LogP contribution in [0.15, 0.2) is 24.3 Å². The lowest BCUT2D eigenvalue weighted by Crippen LogP contribution is -2.29. The molecule has 6 heteroatoms. The molecule has 2 atom stereocenters. The summed E-state index contributed by atoms with van der Waals surface area (Å²) in [6, 6.07) is 8.06. The van der Waals surface area contributed by atoms with Gasteiger partial charge in [0.15, 0.2) is 0 Å². The summed E-state index contributed by atoms with van der Waals surface area (Å²) in [7, 11) is 1.74. The van der Waals surface area contributed by atoms with Crippen molar-refractivity contribution in [2.45, 2.75) is 52.6 Å². The molecule has 1 amide bonds. The largest absolute Gasteiger partial charge is 0.379 e. The maximum atomic E-state index is 13.1. The topological polar surface area (TPSA) is 74.0 Å². The Bertz CT molecular complexity index is 1110. The summed E-state index contributed by atoms with van der Waals surface area (Å²) in [5, 5.41) is 8.95. The third kappa shape index (κ3) is 3.57. The second-order valence-electron chi connectivity index (χ2n) is 10.0. The lowest BCUT2D eigenvalue weighted by atomic mass is 9.76. The number of hydrogen-bond acceptors (Lipinski definition) is 3. The monoisotopic (exact) mass is 420 g/mol. The lowest BCUT2D eigenvalue weighted by molar-refractivity contribution is 0.0675. The molecule has 0 saturated carbocycles. The summed E-state index contributed by atoms with van der Waals surface area (Å²) >= 11 is 0. The number of ether oxygens (including phenoxy) is 1. The smallest absolute Gasteiger partial charge is 0.253 e. The molecule has 6 nitrogen and oxygen atoms in total. The Morgan fingerprint density at radius 2 is 2.13 bits per heavy atom. The lowest BCUT2D eigenvalue weighted by Gasteiger charge is -2.28. The van der Waals surface area contributed by atoms with Crippen molar-refractivity contribution in [1.29, 1.82) is 0 Å². The Morgan fingerprint density at radius 1 is 1.29 bits per heavy atom. The highest BCUT2D eigenvalue weighted by Crippen LogP contribution is 2.38. The van der Waals surface area contributed by atoms with Gasteiger partial charge in [-0.1, -0.05) is 20.8 Å². The Morgan fingerprint density at radius 3 is 2.87 bits per heavy atom. The maximum Gasteiger partial charge on any atom is 0.253 e. The molecular weight excluding hydrogens is 388 g/mol. The summed E-state index contributed by atoms with van der Waals surface area (Å²) in [4.78, 5) is 18.6. The molecule has 3 aromatic rings. The number of aromatic nitrogens is 3. The molecule has 2 aliphatic rings. The number of nitrogens with zero attached hydrogens (tertiary/aromatic N) is 2. The zero-order chi connectivity index (χ0) is 21.8. The molecule has 1 aliphatic carbocycles. The van der Waals surface area contributed by atoms with Crippen molar-refractivity contribution in [3.05, 3.63) is 41.1 Å². The van der Waals surface area contributed by atoms with Crippen LogP contribution in [0.2, 0.25) is 0 Å². The van der Waals surface area contributed by atoms with Crippen molar-refractivity contribution in [3.8, 4) is 11.4 Å². The molecule has 2 aromatic heterocycles. The van der Waals surface area contributed by atoms with Gasteiger partial charge in [0.05, 0.1) is 11.8 Å². The molecule has 1 unspecified atom stereocenters. The summed E-state index contributed by atoms with van der Waals surface area (Å²) in [5.41, 5.74) is 6.70. The molecule has 0 bridgehead atoms. The molecule has 1 saturated heterocycles. The van der Waals surface area contributed by atoms with E-state index in [0.717, 1.165) is 53.7 Å². The van der Waals surface area contributed by atoms with Gasteiger partial charge >= 0.3 is 0 Å². The van der Waals surface area contributed by atoms with Gasteiger partial charge in [-0.25, -0.2) is 0 Å². The molecule has 1 fully saturated rings. The molecule has 3 heterocycles. The average Bonchev–Trinajstić information content (AvgIpc) is 3.46. The molecule has 0 spiro atoms. The quantitative estimate of drug-likeness (QED) is 0.649. The van der Waals surface area contributed by atoms with Gasteiger partial charge in [0.1, 0.15) is 5.69 Å². The van der Waals surface area contributed by atoms with E-state index in [1.165, 1.54) is 17.7 Å². The Balaban J connectivity index is 1.42. The van der Waals surface area contributed by atoms with E-state index in [2.05, 4.69) is 42.0 Å². The molecule has 1 aromatic carbocycles. The number of hydrogen-bond donors (Lipinski definition) is 2. The minimum Gasteiger partial charge on any atom is -0.379 e. The molecule has 1 aliphatic heterocycles. The fraction of sp³-hybridized carbons (Fsp3) is 0.520. The number of carbonyl (C=O) groups excluding carboxylic acids is 1. The maximum absolute atomic E-state index is 13.1. The summed E-state index contributed by atoms with van der Waals surface area (Å²) in [6.07, 6.45) is 4.40. The van der Waals surface area contributed by atoms with E-state index in [1.807, 2.05) is 23.1 Å². The highest BCUT2D eigenvalue weighted by Gasteiger charge is 2.34. The van der Waals surface area contributed by atoms with Crippen LogP contribution >= 0.6 is 0 Å². The number of nitrogens with one attached hydrogen (secondary N) is 2. The Hall–Kier alpha value is -2.60. The van der Waals surface area contributed by atoms with Crippen LogP contribution in [0.3, 0.4) is 0 Å². The van der Waals surface area contributed by atoms with Gasteiger partial charge in [-0.2, -0.15) is 5.10 Å². The molecule has 31 heavy (non-hydrogen) atoms. The van der Waals surface area contributed by atoms with Crippen LogP contribution in [0.1, 0.15) is 55.2 Å². The third-order valence-corrected chi connectivity index (χ3v) is 7.28. The van der Waals surface area contributed by atoms with Crippen LogP contribution in [-0.2, 0) is 17.6 Å². The molecule has 0 radical (unpaired) electrons. The predicted molar refractivity (Wildman–Crippen MR) is 122 cm³/mol. The van der Waals surface area contributed by atoms with Crippen molar-refractivity contribution < 1.29 is 9.53 Å². The Kier molecular flexibility index (Phi) is 4.93. The number of benzene rings is 1. The molecule has 164 valence electrons. The van der Waals surface area contributed by atoms with Gasteiger partial charge in [-0.15, -0.1) is 0 Å². The van der Waals surface area contributed by atoms with E-state index >= 15 is 0 Å². The van der Waals surface area contributed by atoms with Crippen LogP contribution in [-0.4, -0.2) is 52.3 Å². The van der Waals surface area contributed by atoms with E-state index in [1.54, 1.807) is 7.11 Å². The first kappa shape index (κ1) is 20.3. The number of H-pyrrole nitrogens is 2. The van der Waals surface area contributed by atoms with Crippen molar-refractivity contribution in [2.24, 2.45) is 11.3 Å². The van der Waals surface area contributed by atoms with Gasteiger partial charge in [0.25, 0.3) is 5.91 Å². The average molecular weight is 421 g/mol. The zero-order valence-corrected chi connectivity index (χ0v) is 18.9. The molecular formula is C25H32N4O2. The minimum absolute atomic E-state index is 0.0852. The second kappa shape index (κ2) is 7.52. The number of fused-ring (bicyclic) bond motifs is 2. The van der Waals surface area contributed by atoms with Crippen molar-refractivity contribution in [3.63, 3.8) is 0 Å². The Labute approximate surface area is 183 Å². The number of likely N-dealkylation sites (tertiary alicyclic amines) is 1. The SMILES string of the molecule is CCC1CN(C(=O)c2ccc3[nH]c(-c4n[nH]c5c4CCC(C)(C)C5)cc3c2)C[C@@H]1OC. The van der Waals surface area contributed by atoms with Gasteiger partial charge in [-0.3, -0.25) is 9.89 Å². The van der Waals surface area contributed by atoms with Gasteiger partial charge in [-0.05, 0) is 55.4 Å². The van der Waals surface area contributed by atoms with Crippen LogP contribution in [0.25, 0.3) is 22.3 Å². The number of aromatic amines is 2. The van der Waals surface area contributed by atoms with Gasteiger partial charge in [0.2, 0.25) is 0 Å². The van der Waals surface area contributed by atoms with E-state index in [9.17, 15) is 4.79 Å². The highest BCUT2D eigenvalue weighted by molar-refractivity contribution is 5.99. The summed E-state index contributed by atoms with van der Waals surface area (Å²) in [5.74, 6) is 0.495. The molecule has 5 rings (SSSR count). The van der Waals surface area contributed by atoms with E-state index in [0.29, 0.717) is 17.9 Å². The van der Waals surface area contributed by atoms with Gasteiger partial charge < -0.3 is 14.6 Å². The van der Waals surface area contributed by atoms with Crippen LogP contribution < -0.4 is 0 Å². The number of methoxy groups -OCH3 is 1. The zero-order valence-electron chi connectivity index (χ0n) is 18.9. The van der Waals surface area contributed by atoms with Crippen molar-refractivity contribution >= 4 is 16.8 Å². The highest BCUT2D eigenvalue weighted by atomic mass is 16.5. The van der Waals surface area contributed by atoms with E-state index in [-0.39, 0.29) is 12.0 Å². The first-order valence-corrected chi connectivity index (χ1v) is 11.4. The normalized spacial score (nSPS) is 22.8. The van der Waals surface area contributed by atoms with E-state index < -0.39 is 0 Å². The number of amides is 1. The van der Waals surface area contributed by atoms with Crippen LogP contribution in [0.4, 0.5) is 0 Å². The first-order valence-electron chi connectivity index (χ1n) is 11.4. The summed E-state index contributed by atoms with van der Waals surface area (Å²) < 4.78 is 5.60. The standard InChI is InChI=1S/C25H32N4O2/c1-5-15-13-29(14-22(15)31-4)24(30)16-6-7-19-17(10-16)11-20(26-19)23-18-8-9-25(2,3)12-21(18)27-28-23/h6-7,10-11,15,22,26H,5,8-9,12-14H2,1-4H3,(H,27,28)/t15?,22-/m0/s1. The third-order valence-electron chi connectivity index (χ3n) is 7.28. The van der Waals surface area contributed by atoms with Crippen molar-refractivity contribution in [2.75, 3.05) is 20.2 Å². The minimum atomic E-state index is 0.0852. The predicted octanol–water partition coefficient (Wildman–Crippen LogP) is 4.57. The first-order chi connectivity index (χ1) is 14.9. The fourth-order valence-electron chi connectivity index (χ4n) is 5.31. The molecule has 2 N–H and O–H groups in total. The fourth-order valence-corrected chi connectivity index (χ4v) is 5.31. The second-order valence-corrected chi connectivity index (χ2v) is 10.0. The van der Waals surface area contributed by atoms with Crippen LogP contribution in [0.5, 0.6) is 0 Å². The van der Waals surface area contributed by atoms with Crippen molar-refractivity contribution in [1.82, 2.24) is 20.1 Å². The van der Waals surface area contributed by atoms with Gasteiger partial charge in [0, 0.05) is 53.8 Å². The summed E-state index contributed by atoms with van der Waals surface area (Å²) in [6.45, 7) is 8.22. The number of rotatable bonds is 4. The van der Waals surface area contributed by atoms with E-state index in [4.69, 9.17) is 4.74 Å². The van der Waals surface area contributed by atoms with Crippen LogP contribution in [0, 0.1) is 11.3 Å². The number of carbonyl (C=O) groups is 1.